The van der Waals surface area contributed by atoms with Gasteiger partial charge in [0.25, 0.3) is 0 Å². The van der Waals surface area contributed by atoms with Gasteiger partial charge in [0, 0.05) is 18.6 Å². The lowest BCUT2D eigenvalue weighted by molar-refractivity contribution is -0.137. The normalized spacial score (nSPS) is 11.2. The second kappa shape index (κ2) is 3.14. The van der Waals surface area contributed by atoms with Crippen LogP contribution in [0.4, 0.5) is 19.0 Å². The molecule has 0 spiro atoms. The lowest BCUT2D eigenvalue weighted by Crippen LogP contribution is -2.04. The fourth-order valence-corrected chi connectivity index (χ4v) is 0.744. The summed E-state index contributed by atoms with van der Waals surface area (Å²) in [7, 11) is 0. The number of hydrogen-bond acceptors (Lipinski definition) is 3. The minimum atomic E-state index is -4.36. The summed E-state index contributed by atoms with van der Waals surface area (Å²) in [5.74, 6) is -0.0974. The van der Waals surface area contributed by atoms with Crippen LogP contribution < -0.4 is 0 Å². The second-order valence-corrected chi connectivity index (χ2v) is 2.17. The highest BCUT2D eigenvalue weighted by molar-refractivity contribution is 7.47. The Balaban J connectivity index is 3.10. The molecule has 2 nitrogen and oxygen atoms in total. The Morgan fingerprint density at radius 1 is 1.42 bits per heavy atom. The van der Waals surface area contributed by atoms with Crippen LogP contribution in [-0.4, -0.2) is 4.98 Å². The van der Waals surface area contributed by atoms with Gasteiger partial charge >= 0.3 is 6.18 Å². The third-order valence-corrected chi connectivity index (χ3v) is 1.35. The summed E-state index contributed by atoms with van der Waals surface area (Å²) in [5.41, 5.74) is -0.791. The third-order valence-electron chi connectivity index (χ3n) is 1.17. The Bertz CT molecular complexity index is 297. The molecule has 1 rings (SSSR count). The van der Waals surface area contributed by atoms with Crippen LogP contribution >= 0.6 is 0 Å². The number of aromatic nitrogens is 1. The van der Waals surface area contributed by atoms with Crippen molar-refractivity contribution in [2.24, 2.45) is 4.36 Å². The minimum Gasteiger partial charge on any atom is -0.236 e. The molecule has 0 saturated heterocycles. The van der Waals surface area contributed by atoms with E-state index >= 15 is 0 Å². The van der Waals surface area contributed by atoms with E-state index in [0.29, 0.717) is 0 Å². The number of nitrogens with zero attached hydrogens (tertiary/aromatic N) is 2. The van der Waals surface area contributed by atoms with E-state index < -0.39 is 11.7 Å². The molecule has 0 amide bonds. The van der Waals surface area contributed by atoms with E-state index in [1.165, 1.54) is 0 Å². The predicted molar refractivity (Wildman–Crippen MR) is 38.7 cm³/mol. The molecule has 0 saturated carbocycles. The summed E-state index contributed by atoms with van der Waals surface area (Å²) < 4.78 is 39.1. The van der Waals surface area contributed by atoms with E-state index in [4.69, 9.17) is 0 Å². The lowest BCUT2D eigenvalue weighted by Gasteiger charge is -2.04. The quantitative estimate of drug-likeness (QED) is 0.682. The van der Waals surface area contributed by atoms with E-state index in [1.807, 2.05) is 0 Å². The number of halogens is 3. The molecule has 1 aromatic heterocycles. The average Bonchev–Trinajstić information content (AvgIpc) is 2.03. The molecule has 12 heavy (non-hydrogen) atoms. The summed E-state index contributed by atoms with van der Waals surface area (Å²) >= 11 is 4.20. The second-order valence-electron chi connectivity index (χ2n) is 1.99. The van der Waals surface area contributed by atoms with Crippen LogP contribution in [0.25, 0.3) is 0 Å². The zero-order chi connectivity index (χ0) is 9.19. The van der Waals surface area contributed by atoms with Crippen molar-refractivity contribution in [1.29, 1.82) is 0 Å². The van der Waals surface area contributed by atoms with E-state index in [1.54, 1.807) is 0 Å². The van der Waals surface area contributed by atoms with Crippen LogP contribution in [0.5, 0.6) is 0 Å². The maximum atomic E-state index is 12.0. The van der Waals surface area contributed by atoms with Crippen molar-refractivity contribution >= 4 is 18.2 Å². The van der Waals surface area contributed by atoms with Gasteiger partial charge in [0.1, 0.15) is 0 Å². The van der Waals surface area contributed by atoms with Crippen LogP contribution in [0.1, 0.15) is 5.56 Å². The summed E-state index contributed by atoms with van der Waals surface area (Å²) in [4.78, 5) is 3.50. The fourth-order valence-electron chi connectivity index (χ4n) is 0.645. The van der Waals surface area contributed by atoms with Crippen LogP contribution in [-0.2, 0) is 18.6 Å². The molecule has 0 fully saturated rings. The van der Waals surface area contributed by atoms with Crippen LogP contribution in [0.2, 0.25) is 0 Å². The summed E-state index contributed by atoms with van der Waals surface area (Å²) in [5, 5.41) is 0. The molecule has 0 bridgehead atoms. The highest BCUT2D eigenvalue weighted by Crippen LogP contribution is 2.30. The summed E-state index contributed by atoms with van der Waals surface area (Å²) in [6.45, 7) is 0. The molecular formula is C6H3F3N2S. The first kappa shape index (κ1) is 9.05. The first-order valence-corrected chi connectivity index (χ1v) is 3.27. The average molecular weight is 192 g/mol. The van der Waals surface area contributed by atoms with Crippen LogP contribution in [0, 0.1) is 0 Å². The largest absolute Gasteiger partial charge is 0.416 e. The molecule has 0 aliphatic carbocycles. The van der Waals surface area contributed by atoms with Gasteiger partial charge in [-0.25, -0.2) is 4.98 Å². The zero-order valence-corrected chi connectivity index (χ0v) is 6.49. The van der Waals surface area contributed by atoms with Gasteiger partial charge in [0.2, 0.25) is 0 Å². The van der Waals surface area contributed by atoms with Crippen LogP contribution in [0.15, 0.2) is 22.7 Å². The predicted octanol–water partition coefficient (Wildman–Crippen LogP) is 2.46. The highest BCUT2D eigenvalue weighted by Gasteiger charge is 2.30. The molecule has 0 N–H and O–H groups in total. The molecule has 0 aliphatic heterocycles. The number of alkyl halides is 3. The van der Waals surface area contributed by atoms with Gasteiger partial charge in [0.15, 0.2) is 5.82 Å². The van der Waals surface area contributed by atoms with E-state index in [2.05, 4.69) is 21.8 Å². The monoisotopic (exact) mass is 192 g/mol. The Morgan fingerprint density at radius 3 is 2.58 bits per heavy atom. The van der Waals surface area contributed by atoms with Gasteiger partial charge in [-0.15, -0.1) is 0 Å². The molecule has 0 aromatic carbocycles. The molecular weight excluding hydrogens is 189 g/mol. The lowest BCUT2D eigenvalue weighted by atomic mass is 10.2. The van der Waals surface area contributed by atoms with Gasteiger partial charge in [0.05, 0.1) is 5.56 Å². The smallest absolute Gasteiger partial charge is 0.236 e. The molecule has 1 heterocycles. The number of hydrogen-bond donors (Lipinski definition) is 0. The zero-order valence-electron chi connectivity index (χ0n) is 5.67. The van der Waals surface area contributed by atoms with E-state index in [0.717, 1.165) is 18.3 Å². The van der Waals surface area contributed by atoms with Gasteiger partial charge < -0.3 is 0 Å². The Kier molecular flexibility index (Phi) is 2.37. The maximum Gasteiger partial charge on any atom is 0.416 e. The maximum absolute atomic E-state index is 12.0. The van der Waals surface area contributed by atoms with Crippen molar-refractivity contribution in [3.8, 4) is 0 Å². The van der Waals surface area contributed by atoms with E-state index in [-0.39, 0.29) is 5.82 Å². The topological polar surface area (TPSA) is 25.2 Å². The molecule has 0 radical (unpaired) electrons. The number of rotatable bonds is 1. The Hall–Kier alpha value is -1.04. The van der Waals surface area contributed by atoms with Crippen molar-refractivity contribution in [2.75, 3.05) is 0 Å². The molecule has 1 aromatic rings. The standard InChI is InChI=1S/C6H3F3N2S/c7-6(8,9)4-1-2-10-5(3-4)11-12/h1-3H. The molecule has 64 valence electrons. The van der Waals surface area contributed by atoms with Gasteiger partial charge in [-0.1, -0.05) is 0 Å². The molecule has 0 atom stereocenters. The van der Waals surface area contributed by atoms with Gasteiger partial charge in [-0.3, -0.25) is 0 Å². The first-order valence-electron chi connectivity index (χ1n) is 2.90. The Morgan fingerprint density at radius 2 is 2.08 bits per heavy atom. The highest BCUT2D eigenvalue weighted by atomic mass is 32.1. The van der Waals surface area contributed by atoms with E-state index in [9.17, 15) is 13.2 Å². The fraction of sp³-hybridized carbons (Fsp3) is 0.167. The number of pyridine rings is 1. The van der Waals surface area contributed by atoms with Crippen molar-refractivity contribution < 1.29 is 13.2 Å². The van der Waals surface area contributed by atoms with Gasteiger partial charge in [-0.2, -0.15) is 17.5 Å². The minimum absolute atomic E-state index is 0.0974. The SMILES string of the molecule is FC(F)(F)c1ccnc(N=S)c1. The van der Waals surface area contributed by atoms with Gasteiger partial charge in [-0.05, 0) is 12.1 Å². The summed E-state index contributed by atoms with van der Waals surface area (Å²) in [6, 6.07) is 1.66. The van der Waals surface area contributed by atoms with Crippen molar-refractivity contribution in [2.45, 2.75) is 6.18 Å². The van der Waals surface area contributed by atoms with Crippen molar-refractivity contribution in [3.63, 3.8) is 0 Å². The third kappa shape index (κ3) is 1.97. The Labute approximate surface area is 71.6 Å². The molecule has 0 unspecified atom stereocenters. The van der Waals surface area contributed by atoms with Crippen molar-refractivity contribution in [3.05, 3.63) is 23.9 Å². The summed E-state index contributed by atoms with van der Waals surface area (Å²) in [6.07, 6.45) is -3.34. The molecule has 6 heteroatoms. The van der Waals surface area contributed by atoms with Crippen LogP contribution in [0.3, 0.4) is 0 Å². The first-order chi connectivity index (χ1) is 5.54. The van der Waals surface area contributed by atoms with Crippen molar-refractivity contribution in [1.82, 2.24) is 4.98 Å². The molecule has 0 aliphatic rings.